The predicted molar refractivity (Wildman–Crippen MR) is 135 cm³/mol. The summed E-state index contributed by atoms with van der Waals surface area (Å²) in [5.41, 5.74) is 1.88. The third kappa shape index (κ3) is 4.31. The molecule has 9 nitrogen and oxygen atoms in total. The Morgan fingerprint density at radius 1 is 1.11 bits per heavy atom. The normalized spacial score (nSPS) is 22.6. The number of anilines is 1. The molecule has 1 aliphatic carbocycles. The zero-order chi connectivity index (χ0) is 25.6. The first-order valence-corrected chi connectivity index (χ1v) is 13.3. The van der Waals surface area contributed by atoms with Crippen molar-refractivity contribution in [3.63, 3.8) is 0 Å². The van der Waals surface area contributed by atoms with Crippen molar-refractivity contribution in [2.75, 3.05) is 44.3 Å². The summed E-state index contributed by atoms with van der Waals surface area (Å²) in [7, 11) is 0. The molecule has 37 heavy (non-hydrogen) atoms. The van der Waals surface area contributed by atoms with Crippen LogP contribution < -0.4 is 4.90 Å². The number of hydrogen-bond donors (Lipinski definition) is 1. The lowest BCUT2D eigenvalue weighted by atomic mass is 9.69. The van der Waals surface area contributed by atoms with Crippen molar-refractivity contribution in [1.82, 2.24) is 19.1 Å². The molecule has 2 aromatic heterocycles. The molecule has 0 radical (unpaired) electrons. The molecule has 0 bridgehead atoms. The fourth-order valence-electron chi connectivity index (χ4n) is 5.33. The number of halogens is 1. The lowest BCUT2D eigenvalue weighted by Gasteiger charge is -2.42. The highest BCUT2D eigenvalue weighted by Gasteiger charge is 2.51. The van der Waals surface area contributed by atoms with Crippen LogP contribution in [0.15, 0.2) is 59.3 Å². The molecule has 1 N–H and O–H groups in total. The van der Waals surface area contributed by atoms with Gasteiger partial charge in [0.05, 0.1) is 54.9 Å². The summed E-state index contributed by atoms with van der Waals surface area (Å²) in [6, 6.07) is 9.69. The quantitative estimate of drug-likeness (QED) is 0.509. The fourth-order valence-corrected chi connectivity index (χ4v) is 6.55. The number of carboxylic acids is 1. The molecule has 2 atom stereocenters. The number of aliphatic carboxylic acids is 1. The molecule has 2 aliphatic heterocycles. The van der Waals surface area contributed by atoms with Crippen LogP contribution >= 0.6 is 0 Å². The van der Waals surface area contributed by atoms with Crippen molar-refractivity contribution < 1.29 is 23.6 Å². The second-order valence-corrected chi connectivity index (χ2v) is 11.0. The maximum Gasteiger partial charge on any atom is 0.315 e. The second-order valence-electron chi connectivity index (χ2n) is 9.49. The summed E-state index contributed by atoms with van der Waals surface area (Å²) >= 11 is -1.54. The number of carboxylic acid groups (broad SMARTS) is 1. The topological polar surface area (TPSA) is 107 Å². The first-order valence-electron chi connectivity index (χ1n) is 12.2. The standard InChI is InChI=1S/C26H26FN5O4S/c27-20-1-3-21(4-2-20)32-23-13-19-7-8-31(17-26(19,25(33)34)14-18(23)15-29-32)37(35)22-5-6-24(28-16-22)30-9-11-36-12-10-30/h1-6,13,15-16H,7-12,14,17H2,(H,33,34)/t26-,37?/m0/s1. The second kappa shape index (κ2) is 9.56. The van der Waals surface area contributed by atoms with Gasteiger partial charge in [-0.1, -0.05) is 0 Å². The van der Waals surface area contributed by atoms with Gasteiger partial charge in [0, 0.05) is 25.7 Å². The minimum absolute atomic E-state index is 0.118. The number of morpholine rings is 1. The van der Waals surface area contributed by atoms with Gasteiger partial charge in [-0.2, -0.15) is 5.10 Å². The highest BCUT2D eigenvalue weighted by molar-refractivity contribution is 7.89. The van der Waals surface area contributed by atoms with Crippen molar-refractivity contribution >= 4 is 29.2 Å². The summed E-state index contributed by atoms with van der Waals surface area (Å²) in [5.74, 6) is -0.464. The van der Waals surface area contributed by atoms with Gasteiger partial charge in [-0.3, -0.25) is 4.79 Å². The molecule has 3 aromatic rings. The molecule has 6 rings (SSSR count). The third-order valence-corrected chi connectivity index (χ3v) is 8.78. The van der Waals surface area contributed by atoms with E-state index >= 15 is 0 Å². The number of pyridine rings is 1. The van der Waals surface area contributed by atoms with Gasteiger partial charge < -0.3 is 19.3 Å². The minimum atomic E-state index is -1.54. The van der Waals surface area contributed by atoms with E-state index < -0.39 is 22.7 Å². The van der Waals surface area contributed by atoms with E-state index in [2.05, 4.69) is 15.0 Å². The van der Waals surface area contributed by atoms with Gasteiger partial charge in [0.1, 0.15) is 17.1 Å². The van der Waals surface area contributed by atoms with Gasteiger partial charge in [0.15, 0.2) is 4.90 Å². The number of nitrogens with zero attached hydrogens (tertiary/aromatic N) is 5. The fraction of sp³-hybridized carbons (Fsp3) is 0.346. The molecule has 0 saturated carbocycles. The summed E-state index contributed by atoms with van der Waals surface area (Å²) < 4.78 is 35.7. The molecule has 192 valence electrons. The van der Waals surface area contributed by atoms with Crippen molar-refractivity contribution in [3.8, 4) is 5.69 Å². The third-order valence-electron chi connectivity index (χ3n) is 7.35. The highest BCUT2D eigenvalue weighted by Crippen LogP contribution is 2.45. The van der Waals surface area contributed by atoms with Crippen molar-refractivity contribution in [3.05, 3.63) is 71.4 Å². The van der Waals surface area contributed by atoms with Crippen LogP contribution in [0.1, 0.15) is 17.7 Å². The largest absolute Gasteiger partial charge is 0.593 e. The van der Waals surface area contributed by atoms with Crippen LogP contribution in [-0.2, 0) is 27.3 Å². The van der Waals surface area contributed by atoms with E-state index in [1.807, 2.05) is 12.1 Å². The number of fused-ring (bicyclic) bond motifs is 2. The average Bonchev–Trinajstić information content (AvgIpc) is 3.34. The number of benzene rings is 1. The SMILES string of the molecule is O=C(O)[C@]12Cc3cnn(-c4ccc(F)cc4)c3C=C1CCN([S+]([O-])c1ccc(N3CCOCC3)nc1)C2. The Kier molecular flexibility index (Phi) is 6.23. The Bertz CT molecular complexity index is 1340. The maximum absolute atomic E-state index is 13.5. The van der Waals surface area contributed by atoms with Gasteiger partial charge in [-0.25, -0.2) is 14.1 Å². The Balaban J connectivity index is 1.25. The van der Waals surface area contributed by atoms with Gasteiger partial charge in [0.2, 0.25) is 0 Å². The van der Waals surface area contributed by atoms with Crippen molar-refractivity contribution in [1.29, 1.82) is 0 Å². The van der Waals surface area contributed by atoms with Crippen LogP contribution in [0.2, 0.25) is 0 Å². The smallest absolute Gasteiger partial charge is 0.315 e. The molecule has 1 aromatic carbocycles. The van der Waals surface area contributed by atoms with E-state index in [0.29, 0.717) is 36.8 Å². The molecule has 2 fully saturated rings. The summed E-state index contributed by atoms with van der Waals surface area (Å²) in [6.45, 7) is 3.41. The number of piperidine rings is 1. The molecular weight excluding hydrogens is 497 g/mol. The number of carbonyl (C=O) groups is 1. The predicted octanol–water partition coefficient (Wildman–Crippen LogP) is 2.68. The molecule has 2 saturated heterocycles. The average molecular weight is 524 g/mol. The molecule has 0 spiro atoms. The van der Waals surface area contributed by atoms with Gasteiger partial charge in [0.25, 0.3) is 0 Å². The van der Waals surface area contributed by atoms with Crippen LogP contribution in [0, 0.1) is 11.2 Å². The first-order chi connectivity index (χ1) is 17.9. The summed E-state index contributed by atoms with van der Waals surface area (Å²) in [6.07, 6.45) is 5.88. The van der Waals surface area contributed by atoms with Gasteiger partial charge in [-0.15, -0.1) is 4.31 Å². The highest BCUT2D eigenvalue weighted by atomic mass is 32.2. The van der Waals surface area contributed by atoms with E-state index in [-0.39, 0.29) is 18.8 Å². The Morgan fingerprint density at radius 2 is 1.89 bits per heavy atom. The van der Waals surface area contributed by atoms with E-state index in [4.69, 9.17) is 4.74 Å². The molecule has 0 amide bonds. The monoisotopic (exact) mass is 523 g/mol. The van der Waals surface area contributed by atoms with Gasteiger partial charge in [-0.05, 0) is 60.4 Å². The molecule has 3 aliphatic rings. The van der Waals surface area contributed by atoms with Crippen LogP contribution in [0.4, 0.5) is 10.2 Å². The van der Waals surface area contributed by atoms with Crippen LogP contribution in [0.3, 0.4) is 0 Å². The summed E-state index contributed by atoms with van der Waals surface area (Å²) in [4.78, 5) is 19.9. The van der Waals surface area contributed by atoms with Crippen molar-refractivity contribution in [2.24, 2.45) is 5.41 Å². The number of ether oxygens (including phenoxy) is 1. The van der Waals surface area contributed by atoms with Crippen molar-refractivity contribution in [2.45, 2.75) is 17.7 Å². The van der Waals surface area contributed by atoms with E-state index in [0.717, 1.165) is 35.7 Å². The van der Waals surface area contributed by atoms with E-state index in [1.165, 1.54) is 12.1 Å². The molecule has 4 heterocycles. The minimum Gasteiger partial charge on any atom is -0.593 e. The lowest BCUT2D eigenvalue weighted by Crippen LogP contribution is -2.53. The van der Waals surface area contributed by atoms with E-state index in [9.17, 15) is 18.8 Å². The van der Waals surface area contributed by atoms with Crippen LogP contribution in [-0.4, -0.2) is 74.1 Å². The van der Waals surface area contributed by atoms with Crippen LogP contribution in [0.5, 0.6) is 0 Å². The number of hydrogen-bond acceptors (Lipinski definition) is 7. The Hall–Kier alpha value is -3.25. The van der Waals surface area contributed by atoms with Crippen LogP contribution in [0.25, 0.3) is 11.8 Å². The first kappa shape index (κ1) is 24.1. The molecule has 1 unspecified atom stereocenters. The zero-order valence-corrected chi connectivity index (χ0v) is 20.9. The molecule has 11 heteroatoms. The van der Waals surface area contributed by atoms with Gasteiger partial charge >= 0.3 is 5.97 Å². The lowest BCUT2D eigenvalue weighted by molar-refractivity contribution is -0.147. The Morgan fingerprint density at radius 3 is 2.59 bits per heavy atom. The summed E-state index contributed by atoms with van der Waals surface area (Å²) in [5, 5.41) is 14.8. The van der Waals surface area contributed by atoms with E-state index in [1.54, 1.807) is 39.6 Å². The maximum atomic E-state index is 13.5. The molecular formula is C26H26FN5O4S. The zero-order valence-electron chi connectivity index (χ0n) is 20.0. The number of aromatic nitrogens is 3. The number of rotatable bonds is 5. The Labute approximate surface area is 216 Å².